The third-order valence-corrected chi connectivity index (χ3v) is 3.18. The van der Waals surface area contributed by atoms with Gasteiger partial charge in [-0.2, -0.15) is 0 Å². The van der Waals surface area contributed by atoms with Crippen molar-refractivity contribution in [3.63, 3.8) is 0 Å². The largest absolute Gasteiger partial charge is 0.490 e. The van der Waals surface area contributed by atoms with Crippen molar-refractivity contribution in [3.8, 4) is 5.75 Å². The molecule has 0 aromatic heterocycles. The number of rotatable bonds is 3. The van der Waals surface area contributed by atoms with Gasteiger partial charge in [-0.3, -0.25) is 0 Å². The van der Waals surface area contributed by atoms with Crippen molar-refractivity contribution in [3.05, 3.63) is 28.8 Å². The van der Waals surface area contributed by atoms with E-state index in [1.807, 2.05) is 0 Å². The number of hydrogen-bond acceptors (Lipinski definition) is 2. The highest BCUT2D eigenvalue weighted by Crippen LogP contribution is 2.40. The molecule has 1 fully saturated rings. The van der Waals surface area contributed by atoms with Crippen molar-refractivity contribution < 1.29 is 23.4 Å². The molecule has 0 bridgehead atoms. The molecule has 1 aliphatic carbocycles. The van der Waals surface area contributed by atoms with Crippen LogP contribution < -0.4 is 4.74 Å². The van der Waals surface area contributed by atoms with Gasteiger partial charge in [0.25, 0.3) is 5.92 Å². The van der Waals surface area contributed by atoms with E-state index < -0.39 is 18.0 Å². The number of hydrogen-bond donors (Lipinski definition) is 1. The zero-order chi connectivity index (χ0) is 13.5. The monoisotopic (exact) mass is 256 g/mol. The molecule has 0 amide bonds. The molecule has 0 atom stereocenters. The number of aryl methyl sites for hydroxylation is 1. The third-order valence-electron chi connectivity index (χ3n) is 3.18. The summed E-state index contributed by atoms with van der Waals surface area (Å²) < 4.78 is 30.8. The van der Waals surface area contributed by atoms with E-state index in [4.69, 9.17) is 9.84 Å². The Hall–Kier alpha value is -1.65. The van der Waals surface area contributed by atoms with Gasteiger partial charge in [0.1, 0.15) is 11.9 Å². The lowest BCUT2D eigenvalue weighted by molar-refractivity contribution is -0.134. The van der Waals surface area contributed by atoms with Gasteiger partial charge in [-0.05, 0) is 25.5 Å². The molecule has 0 radical (unpaired) electrons. The zero-order valence-electron chi connectivity index (χ0n) is 10.2. The first kappa shape index (κ1) is 12.8. The van der Waals surface area contributed by atoms with Crippen LogP contribution in [-0.2, 0) is 0 Å². The summed E-state index contributed by atoms with van der Waals surface area (Å²) in [5, 5.41) is 9.08. The topological polar surface area (TPSA) is 46.5 Å². The lowest BCUT2D eigenvalue weighted by atomic mass is 9.90. The van der Waals surface area contributed by atoms with Crippen molar-refractivity contribution in [2.24, 2.45) is 0 Å². The Bertz CT molecular complexity index is 489. The highest BCUT2D eigenvalue weighted by molar-refractivity contribution is 5.91. The molecule has 0 unspecified atom stereocenters. The summed E-state index contributed by atoms with van der Waals surface area (Å²) >= 11 is 0. The first-order valence-electron chi connectivity index (χ1n) is 5.68. The summed E-state index contributed by atoms with van der Waals surface area (Å²) in [7, 11) is 0. The molecule has 18 heavy (non-hydrogen) atoms. The Labute approximate surface area is 103 Å². The van der Waals surface area contributed by atoms with Gasteiger partial charge >= 0.3 is 5.97 Å². The van der Waals surface area contributed by atoms with Crippen LogP contribution in [0.3, 0.4) is 0 Å². The van der Waals surface area contributed by atoms with E-state index >= 15 is 0 Å². The Kier molecular flexibility index (Phi) is 3.00. The van der Waals surface area contributed by atoms with Crippen LogP contribution in [0.1, 0.15) is 34.3 Å². The number of carboxylic acids is 1. The average Bonchev–Trinajstić information content (AvgIpc) is 2.19. The number of carboxylic acid groups (broad SMARTS) is 1. The van der Waals surface area contributed by atoms with Crippen molar-refractivity contribution in [2.75, 3.05) is 0 Å². The minimum atomic E-state index is -2.64. The van der Waals surface area contributed by atoms with E-state index in [9.17, 15) is 13.6 Å². The van der Waals surface area contributed by atoms with Gasteiger partial charge in [-0.1, -0.05) is 6.07 Å². The summed E-state index contributed by atoms with van der Waals surface area (Å²) in [5.74, 6) is -3.30. The first-order valence-corrected chi connectivity index (χ1v) is 5.68. The highest BCUT2D eigenvalue weighted by atomic mass is 19.3. The second-order valence-corrected chi connectivity index (χ2v) is 4.69. The predicted molar refractivity (Wildman–Crippen MR) is 61.5 cm³/mol. The standard InChI is InChI=1S/C13H14F2O3/c1-7-3-4-10(8(2)11(7)12(16)17)18-9-5-13(14,15)6-9/h3-4,9H,5-6H2,1-2H3,(H,16,17). The van der Waals surface area contributed by atoms with Crippen molar-refractivity contribution in [2.45, 2.75) is 38.7 Å². The average molecular weight is 256 g/mol. The molecule has 1 aromatic rings. The molecule has 3 nitrogen and oxygen atoms in total. The van der Waals surface area contributed by atoms with Gasteiger partial charge in [-0.15, -0.1) is 0 Å². The molecule has 2 rings (SSSR count). The predicted octanol–water partition coefficient (Wildman–Crippen LogP) is 3.18. The molecular weight excluding hydrogens is 242 g/mol. The van der Waals surface area contributed by atoms with Gasteiger partial charge in [0, 0.05) is 18.4 Å². The van der Waals surface area contributed by atoms with E-state index in [-0.39, 0.29) is 18.4 Å². The van der Waals surface area contributed by atoms with Crippen molar-refractivity contribution in [1.29, 1.82) is 0 Å². The second kappa shape index (κ2) is 4.23. The zero-order valence-corrected chi connectivity index (χ0v) is 10.2. The molecule has 1 saturated carbocycles. The Morgan fingerprint density at radius 3 is 2.50 bits per heavy atom. The summed E-state index contributed by atoms with van der Waals surface area (Å²) in [6.07, 6.45) is -1.13. The van der Waals surface area contributed by atoms with Gasteiger partial charge in [0.05, 0.1) is 5.56 Å². The van der Waals surface area contributed by atoms with Crippen LogP contribution in [-0.4, -0.2) is 23.1 Å². The van der Waals surface area contributed by atoms with Crippen LogP contribution in [0.5, 0.6) is 5.75 Å². The second-order valence-electron chi connectivity index (χ2n) is 4.69. The van der Waals surface area contributed by atoms with E-state index in [1.165, 1.54) is 0 Å². The minimum Gasteiger partial charge on any atom is -0.490 e. The normalized spacial score (nSPS) is 18.2. The van der Waals surface area contributed by atoms with E-state index in [1.54, 1.807) is 26.0 Å². The van der Waals surface area contributed by atoms with Gasteiger partial charge < -0.3 is 9.84 Å². The Morgan fingerprint density at radius 2 is 2.00 bits per heavy atom. The minimum absolute atomic E-state index is 0.179. The number of aromatic carboxylic acids is 1. The molecule has 0 heterocycles. The lowest BCUT2D eigenvalue weighted by Gasteiger charge is -2.35. The number of ether oxygens (including phenoxy) is 1. The first-order chi connectivity index (χ1) is 8.30. The van der Waals surface area contributed by atoms with E-state index in [0.29, 0.717) is 16.9 Å². The fourth-order valence-electron chi connectivity index (χ4n) is 2.15. The van der Waals surface area contributed by atoms with Gasteiger partial charge in [-0.25, -0.2) is 13.6 Å². The van der Waals surface area contributed by atoms with Crippen LogP contribution >= 0.6 is 0 Å². The third kappa shape index (κ3) is 2.30. The number of alkyl halides is 2. The molecule has 5 heteroatoms. The molecule has 1 N–H and O–H groups in total. The molecule has 1 aliphatic rings. The van der Waals surface area contributed by atoms with Gasteiger partial charge in [0.15, 0.2) is 0 Å². The highest BCUT2D eigenvalue weighted by Gasteiger charge is 2.47. The van der Waals surface area contributed by atoms with Crippen LogP contribution in [0.4, 0.5) is 8.78 Å². The quantitative estimate of drug-likeness (QED) is 0.903. The van der Waals surface area contributed by atoms with E-state index in [0.717, 1.165) is 0 Å². The summed E-state index contributed by atoms with van der Waals surface area (Å²) in [6, 6.07) is 3.26. The molecule has 98 valence electrons. The number of benzene rings is 1. The maximum Gasteiger partial charge on any atom is 0.336 e. The SMILES string of the molecule is Cc1ccc(OC2CC(F)(F)C2)c(C)c1C(=O)O. The van der Waals surface area contributed by atoms with Crippen LogP contribution in [0, 0.1) is 13.8 Å². The Balaban J connectivity index is 2.20. The molecule has 1 aromatic carbocycles. The van der Waals surface area contributed by atoms with E-state index in [2.05, 4.69) is 0 Å². The lowest BCUT2D eigenvalue weighted by Crippen LogP contribution is -2.43. The summed E-state index contributed by atoms with van der Waals surface area (Å²) in [6.45, 7) is 3.32. The maximum atomic E-state index is 12.7. The smallest absolute Gasteiger partial charge is 0.336 e. The molecule has 0 aliphatic heterocycles. The fourth-order valence-corrected chi connectivity index (χ4v) is 2.15. The van der Waals surface area contributed by atoms with Crippen LogP contribution in [0.2, 0.25) is 0 Å². The van der Waals surface area contributed by atoms with Crippen molar-refractivity contribution >= 4 is 5.97 Å². The molecule has 0 spiro atoms. The fraction of sp³-hybridized carbons (Fsp3) is 0.462. The van der Waals surface area contributed by atoms with Gasteiger partial charge in [0.2, 0.25) is 0 Å². The number of carbonyl (C=O) groups is 1. The molecule has 0 saturated heterocycles. The molecular formula is C13H14F2O3. The maximum absolute atomic E-state index is 12.7. The summed E-state index contributed by atoms with van der Waals surface area (Å²) in [4.78, 5) is 11.1. The van der Waals surface area contributed by atoms with Crippen LogP contribution in [0.15, 0.2) is 12.1 Å². The Morgan fingerprint density at radius 1 is 1.39 bits per heavy atom. The van der Waals surface area contributed by atoms with Crippen LogP contribution in [0.25, 0.3) is 0 Å². The van der Waals surface area contributed by atoms with Crippen molar-refractivity contribution in [1.82, 2.24) is 0 Å². The summed E-state index contributed by atoms with van der Waals surface area (Å²) in [5.41, 5.74) is 1.29. The number of halogens is 2.